The van der Waals surface area contributed by atoms with Crippen LogP contribution in [0.5, 0.6) is 11.5 Å². The molecular formula is C17H19NO5. The quantitative estimate of drug-likeness (QED) is 0.862. The van der Waals surface area contributed by atoms with Crippen LogP contribution in [-0.2, 0) is 14.3 Å². The van der Waals surface area contributed by atoms with Crippen molar-refractivity contribution >= 4 is 11.9 Å². The van der Waals surface area contributed by atoms with Crippen LogP contribution in [0, 0.1) is 0 Å². The van der Waals surface area contributed by atoms with Crippen molar-refractivity contribution in [1.29, 1.82) is 0 Å². The molecule has 122 valence electrons. The van der Waals surface area contributed by atoms with Gasteiger partial charge in [-0.3, -0.25) is 4.79 Å². The molecule has 0 saturated carbocycles. The van der Waals surface area contributed by atoms with Crippen LogP contribution in [0.25, 0.3) is 0 Å². The number of benzene rings is 1. The number of nitrogens with one attached hydrogen (secondary N) is 1. The molecule has 2 heterocycles. The molecule has 1 aromatic carbocycles. The highest BCUT2D eigenvalue weighted by atomic mass is 16.6. The molecule has 23 heavy (non-hydrogen) atoms. The van der Waals surface area contributed by atoms with Crippen LogP contribution in [0.15, 0.2) is 29.5 Å². The molecule has 0 aromatic heterocycles. The third kappa shape index (κ3) is 2.44. The second kappa shape index (κ2) is 5.30. The summed E-state index contributed by atoms with van der Waals surface area (Å²) in [6.45, 7) is 3.53. The van der Waals surface area contributed by atoms with Gasteiger partial charge in [-0.05, 0) is 32.0 Å². The van der Waals surface area contributed by atoms with Crippen molar-refractivity contribution in [2.24, 2.45) is 0 Å². The lowest BCUT2D eigenvalue weighted by atomic mass is 9.82. The van der Waals surface area contributed by atoms with Gasteiger partial charge in [0.15, 0.2) is 0 Å². The zero-order chi connectivity index (χ0) is 16.8. The van der Waals surface area contributed by atoms with Gasteiger partial charge in [0.1, 0.15) is 17.1 Å². The number of rotatable bonds is 3. The van der Waals surface area contributed by atoms with E-state index >= 15 is 0 Å². The molecule has 1 atom stereocenters. The minimum atomic E-state index is -0.840. The fraction of sp³-hybridized carbons (Fsp3) is 0.412. The Kier molecular flexibility index (Phi) is 3.55. The van der Waals surface area contributed by atoms with Crippen molar-refractivity contribution in [3.05, 3.63) is 35.0 Å². The summed E-state index contributed by atoms with van der Waals surface area (Å²) in [6, 6.07) is 5.34. The van der Waals surface area contributed by atoms with Gasteiger partial charge in [0.25, 0.3) is 0 Å². The number of carbonyl (C=O) groups excluding carboxylic acids is 2. The lowest BCUT2D eigenvalue weighted by Crippen LogP contribution is -2.38. The Morgan fingerprint density at radius 3 is 2.61 bits per heavy atom. The summed E-state index contributed by atoms with van der Waals surface area (Å²) in [6.07, 6.45) is 0.160. The number of esters is 1. The smallest absolute Gasteiger partial charge is 0.337 e. The zero-order valence-electron chi connectivity index (χ0n) is 13.6. The predicted molar refractivity (Wildman–Crippen MR) is 82.2 cm³/mol. The van der Waals surface area contributed by atoms with Gasteiger partial charge in [-0.15, -0.1) is 0 Å². The molecule has 0 bridgehead atoms. The van der Waals surface area contributed by atoms with Gasteiger partial charge in [0.2, 0.25) is 5.91 Å². The van der Waals surface area contributed by atoms with Crippen LogP contribution in [0.1, 0.15) is 31.7 Å². The van der Waals surface area contributed by atoms with Gasteiger partial charge in [0.05, 0.1) is 25.5 Å². The van der Waals surface area contributed by atoms with Crippen molar-refractivity contribution in [2.75, 3.05) is 14.2 Å². The first-order valence-electron chi connectivity index (χ1n) is 7.37. The molecule has 0 unspecified atom stereocenters. The second-order valence-corrected chi connectivity index (χ2v) is 6.10. The number of ether oxygens (including phenoxy) is 3. The maximum atomic E-state index is 12.4. The van der Waals surface area contributed by atoms with Crippen LogP contribution in [0.4, 0.5) is 0 Å². The molecule has 0 radical (unpaired) electrons. The first-order valence-corrected chi connectivity index (χ1v) is 7.37. The lowest BCUT2D eigenvalue weighted by molar-refractivity contribution is -0.144. The Morgan fingerprint density at radius 2 is 1.96 bits per heavy atom. The average molecular weight is 317 g/mol. The van der Waals surface area contributed by atoms with Gasteiger partial charge in [0, 0.05) is 17.9 Å². The maximum Gasteiger partial charge on any atom is 0.337 e. The summed E-state index contributed by atoms with van der Waals surface area (Å²) in [5, 5.41) is 2.79. The summed E-state index contributed by atoms with van der Waals surface area (Å²) in [5.41, 5.74) is 0.922. The highest BCUT2D eigenvalue weighted by molar-refractivity contribution is 5.99. The summed E-state index contributed by atoms with van der Waals surface area (Å²) >= 11 is 0. The SMILES string of the molecule is COc1ccc(OC)c([C@@H]2CC(=O)NC3=C2C(=O)OC3(C)C)c1. The maximum absolute atomic E-state index is 12.4. The second-order valence-electron chi connectivity index (χ2n) is 6.10. The number of amides is 1. The van der Waals surface area contributed by atoms with Gasteiger partial charge >= 0.3 is 5.97 Å². The Morgan fingerprint density at radius 1 is 1.22 bits per heavy atom. The van der Waals surface area contributed by atoms with E-state index in [-0.39, 0.29) is 12.3 Å². The van der Waals surface area contributed by atoms with Crippen LogP contribution in [-0.4, -0.2) is 31.7 Å². The molecule has 2 aliphatic heterocycles. The molecule has 3 rings (SSSR count). The highest BCUT2D eigenvalue weighted by Crippen LogP contribution is 2.45. The molecule has 6 heteroatoms. The van der Waals surface area contributed by atoms with Crippen LogP contribution in [0.2, 0.25) is 0 Å². The Balaban J connectivity index is 2.17. The molecule has 0 spiro atoms. The first-order chi connectivity index (χ1) is 10.9. The summed E-state index contributed by atoms with van der Waals surface area (Å²) < 4.78 is 16.1. The number of methoxy groups -OCH3 is 2. The highest BCUT2D eigenvalue weighted by Gasteiger charge is 2.48. The molecule has 0 fully saturated rings. The van der Waals surface area contributed by atoms with Crippen molar-refractivity contribution < 1.29 is 23.8 Å². The third-order valence-electron chi connectivity index (χ3n) is 4.25. The van der Waals surface area contributed by atoms with Crippen LogP contribution < -0.4 is 14.8 Å². The van der Waals surface area contributed by atoms with Crippen molar-refractivity contribution in [2.45, 2.75) is 31.8 Å². The molecule has 6 nitrogen and oxygen atoms in total. The van der Waals surface area contributed by atoms with E-state index in [9.17, 15) is 9.59 Å². The van der Waals surface area contributed by atoms with E-state index in [2.05, 4.69) is 5.32 Å². The van der Waals surface area contributed by atoms with Gasteiger partial charge in [-0.1, -0.05) is 0 Å². The standard InChI is InChI=1S/C17H19NO5/c1-17(2)15-14(16(20)23-17)11(8-13(19)18-15)10-7-9(21-3)5-6-12(10)22-4/h5-7,11H,8H2,1-4H3,(H,18,19)/t11-/m0/s1. The van der Waals surface area contributed by atoms with Gasteiger partial charge in [-0.2, -0.15) is 0 Å². The fourth-order valence-electron chi connectivity index (χ4n) is 3.15. The van der Waals surface area contributed by atoms with E-state index in [0.29, 0.717) is 22.8 Å². The molecule has 1 N–H and O–H groups in total. The number of hydrogen-bond acceptors (Lipinski definition) is 5. The molecule has 2 aliphatic rings. The molecule has 0 aliphatic carbocycles. The largest absolute Gasteiger partial charge is 0.497 e. The number of cyclic esters (lactones) is 1. The minimum absolute atomic E-state index is 0.148. The molecular weight excluding hydrogens is 298 g/mol. The van der Waals surface area contributed by atoms with Crippen molar-refractivity contribution in [3.63, 3.8) is 0 Å². The Bertz CT molecular complexity index is 720. The van der Waals surface area contributed by atoms with E-state index < -0.39 is 17.5 Å². The Hall–Kier alpha value is -2.50. The lowest BCUT2D eigenvalue weighted by Gasteiger charge is -2.27. The number of carbonyl (C=O) groups is 2. The molecule has 1 amide bonds. The fourth-order valence-corrected chi connectivity index (χ4v) is 3.15. The average Bonchev–Trinajstić information content (AvgIpc) is 2.75. The minimum Gasteiger partial charge on any atom is -0.497 e. The van der Waals surface area contributed by atoms with E-state index in [4.69, 9.17) is 14.2 Å². The van der Waals surface area contributed by atoms with Crippen molar-refractivity contribution in [3.8, 4) is 11.5 Å². The van der Waals surface area contributed by atoms with Crippen molar-refractivity contribution in [1.82, 2.24) is 5.32 Å². The van der Waals surface area contributed by atoms with E-state index in [1.807, 2.05) is 0 Å². The topological polar surface area (TPSA) is 73.9 Å². The third-order valence-corrected chi connectivity index (χ3v) is 4.25. The molecule has 1 aromatic rings. The summed E-state index contributed by atoms with van der Waals surface area (Å²) in [5.74, 6) is 0.275. The molecule has 0 saturated heterocycles. The van der Waals surface area contributed by atoms with Gasteiger partial charge in [-0.25, -0.2) is 4.79 Å². The monoisotopic (exact) mass is 317 g/mol. The van der Waals surface area contributed by atoms with E-state index in [0.717, 1.165) is 5.56 Å². The van der Waals surface area contributed by atoms with Crippen LogP contribution in [0.3, 0.4) is 0 Å². The normalized spacial score (nSPS) is 22.3. The van der Waals surface area contributed by atoms with E-state index in [1.54, 1.807) is 46.3 Å². The summed E-state index contributed by atoms with van der Waals surface area (Å²) in [7, 11) is 3.12. The number of hydrogen-bond donors (Lipinski definition) is 1. The Labute approximate surface area is 134 Å². The van der Waals surface area contributed by atoms with Crippen LogP contribution >= 0.6 is 0 Å². The zero-order valence-corrected chi connectivity index (χ0v) is 13.6. The summed E-state index contributed by atoms with van der Waals surface area (Å²) in [4.78, 5) is 24.5. The first kappa shape index (κ1) is 15.4. The predicted octanol–water partition coefficient (Wildman–Crippen LogP) is 1.90. The van der Waals surface area contributed by atoms with E-state index in [1.165, 1.54) is 0 Å². The van der Waals surface area contributed by atoms with Gasteiger partial charge < -0.3 is 19.5 Å².